The maximum Gasteiger partial charge on any atom is 0.267 e. The van der Waals surface area contributed by atoms with E-state index in [2.05, 4.69) is 28.1 Å². The third kappa shape index (κ3) is 4.21. The average Bonchev–Trinajstić information content (AvgIpc) is 3.36. The van der Waals surface area contributed by atoms with Crippen LogP contribution in [0.1, 0.15) is 74.2 Å². The highest BCUT2D eigenvalue weighted by Gasteiger charge is 2.25. The number of carbonyl (C=O) groups excluding carboxylic acids is 1. The van der Waals surface area contributed by atoms with Gasteiger partial charge < -0.3 is 10.4 Å². The monoisotopic (exact) mass is 412 g/mol. The quantitative estimate of drug-likeness (QED) is 0.610. The molecule has 2 heterocycles. The molecule has 0 radical (unpaired) electrons. The molecule has 1 fully saturated rings. The Morgan fingerprint density at radius 3 is 2.69 bits per heavy atom. The molecule has 3 aromatic rings. The molecule has 0 unspecified atom stereocenters. The lowest BCUT2D eigenvalue weighted by molar-refractivity contribution is 0.0794. The molecule has 1 saturated carbocycles. The molecule has 7 heteroatoms. The molecular weight excluding hydrogens is 384 g/mol. The van der Waals surface area contributed by atoms with E-state index in [9.17, 15) is 9.90 Å². The SMILES string of the molecule is CC[C@H]1CC[C@H](n2cc3cc(NC(=O)c4cncs4)c(C(C)(C)O)cc3n2)CC1. The van der Waals surface area contributed by atoms with Crippen molar-refractivity contribution in [3.8, 4) is 0 Å². The Bertz CT molecular complexity index is 996. The fourth-order valence-electron chi connectivity index (χ4n) is 4.22. The summed E-state index contributed by atoms with van der Waals surface area (Å²) in [5, 5.41) is 19.4. The van der Waals surface area contributed by atoms with Gasteiger partial charge in [0, 0.05) is 22.8 Å². The Hall–Kier alpha value is -2.25. The number of fused-ring (bicyclic) bond motifs is 1. The molecule has 1 aliphatic carbocycles. The Labute approximate surface area is 175 Å². The van der Waals surface area contributed by atoms with Crippen LogP contribution in [0.2, 0.25) is 0 Å². The Morgan fingerprint density at radius 1 is 1.31 bits per heavy atom. The number of rotatable bonds is 5. The van der Waals surface area contributed by atoms with Crippen molar-refractivity contribution < 1.29 is 9.90 Å². The van der Waals surface area contributed by atoms with Crippen LogP contribution in [0.5, 0.6) is 0 Å². The van der Waals surface area contributed by atoms with E-state index in [1.165, 1.54) is 30.6 Å². The molecule has 4 rings (SSSR count). The first-order valence-corrected chi connectivity index (χ1v) is 11.2. The first-order valence-electron chi connectivity index (χ1n) is 10.3. The zero-order valence-corrected chi connectivity index (χ0v) is 18.0. The normalized spacial score (nSPS) is 20.1. The molecule has 0 atom stereocenters. The highest BCUT2D eigenvalue weighted by Crippen LogP contribution is 2.36. The first-order chi connectivity index (χ1) is 13.8. The Morgan fingerprint density at radius 2 is 2.07 bits per heavy atom. The van der Waals surface area contributed by atoms with E-state index in [1.807, 2.05) is 12.1 Å². The average molecular weight is 413 g/mol. The summed E-state index contributed by atoms with van der Waals surface area (Å²) >= 11 is 1.29. The van der Waals surface area contributed by atoms with Crippen LogP contribution in [0, 0.1) is 5.92 Å². The number of aliphatic hydroxyl groups is 1. The molecule has 1 amide bonds. The van der Waals surface area contributed by atoms with E-state index in [0.29, 0.717) is 22.2 Å². The van der Waals surface area contributed by atoms with Gasteiger partial charge in [-0.3, -0.25) is 14.5 Å². The van der Waals surface area contributed by atoms with Crippen molar-refractivity contribution in [3.05, 3.63) is 40.5 Å². The van der Waals surface area contributed by atoms with E-state index in [1.54, 1.807) is 25.6 Å². The number of hydrogen-bond acceptors (Lipinski definition) is 5. The summed E-state index contributed by atoms with van der Waals surface area (Å²) in [5.41, 5.74) is 2.63. The minimum absolute atomic E-state index is 0.220. The van der Waals surface area contributed by atoms with Crippen LogP contribution in [0.15, 0.2) is 30.0 Å². The summed E-state index contributed by atoms with van der Waals surface area (Å²) in [6, 6.07) is 4.24. The van der Waals surface area contributed by atoms with Gasteiger partial charge in [-0.05, 0) is 57.6 Å². The predicted molar refractivity (Wildman–Crippen MR) is 116 cm³/mol. The smallest absolute Gasteiger partial charge is 0.267 e. The second kappa shape index (κ2) is 7.88. The summed E-state index contributed by atoms with van der Waals surface area (Å²) in [6.07, 6.45) is 9.69. The highest BCUT2D eigenvalue weighted by atomic mass is 32.1. The fourth-order valence-corrected chi connectivity index (χ4v) is 4.73. The summed E-state index contributed by atoms with van der Waals surface area (Å²) < 4.78 is 2.08. The number of carbonyl (C=O) groups is 1. The van der Waals surface area contributed by atoms with E-state index >= 15 is 0 Å². The molecule has 2 aromatic heterocycles. The zero-order valence-electron chi connectivity index (χ0n) is 17.2. The number of aromatic nitrogens is 3. The van der Waals surface area contributed by atoms with E-state index in [-0.39, 0.29) is 5.91 Å². The van der Waals surface area contributed by atoms with Gasteiger partial charge in [-0.25, -0.2) is 0 Å². The minimum atomic E-state index is -1.10. The van der Waals surface area contributed by atoms with Crippen LogP contribution in [0.25, 0.3) is 10.9 Å². The third-order valence-corrected chi connectivity index (χ3v) is 6.76. The van der Waals surface area contributed by atoms with Crippen LogP contribution < -0.4 is 5.32 Å². The van der Waals surface area contributed by atoms with Crippen molar-refractivity contribution in [2.75, 3.05) is 5.32 Å². The molecule has 0 aliphatic heterocycles. The van der Waals surface area contributed by atoms with Crippen molar-refractivity contribution in [2.45, 2.75) is 64.5 Å². The fraction of sp³-hybridized carbons (Fsp3) is 0.500. The van der Waals surface area contributed by atoms with Crippen molar-refractivity contribution >= 4 is 33.8 Å². The lowest BCUT2D eigenvalue weighted by Gasteiger charge is -2.27. The lowest BCUT2D eigenvalue weighted by Crippen LogP contribution is -2.20. The molecule has 0 bridgehead atoms. The molecule has 1 aliphatic rings. The summed E-state index contributed by atoms with van der Waals surface area (Å²) in [6.45, 7) is 5.71. The molecule has 29 heavy (non-hydrogen) atoms. The molecule has 0 spiro atoms. The van der Waals surface area contributed by atoms with Crippen LogP contribution in [0.4, 0.5) is 5.69 Å². The van der Waals surface area contributed by atoms with Crippen LogP contribution in [0.3, 0.4) is 0 Å². The van der Waals surface area contributed by atoms with E-state index in [4.69, 9.17) is 5.10 Å². The second-order valence-electron chi connectivity index (χ2n) is 8.53. The number of hydrogen-bond donors (Lipinski definition) is 2. The van der Waals surface area contributed by atoms with Crippen molar-refractivity contribution in [3.63, 3.8) is 0 Å². The van der Waals surface area contributed by atoms with Gasteiger partial charge in [0.15, 0.2) is 0 Å². The maximum atomic E-state index is 12.6. The van der Waals surface area contributed by atoms with Gasteiger partial charge in [0.25, 0.3) is 5.91 Å². The zero-order chi connectivity index (χ0) is 20.6. The van der Waals surface area contributed by atoms with Gasteiger partial charge in [-0.2, -0.15) is 5.10 Å². The number of anilines is 1. The standard InChI is InChI=1S/C22H28N4O2S/c1-4-14-5-7-16(8-6-14)26-12-15-9-19(24-21(27)20-11-23-13-29-20)17(22(2,3)28)10-18(15)25-26/h9-14,16,28H,4-8H2,1-3H3,(H,24,27)/t14-,16-. The summed E-state index contributed by atoms with van der Waals surface area (Å²) in [7, 11) is 0. The number of amides is 1. The Kier molecular flexibility index (Phi) is 5.44. The summed E-state index contributed by atoms with van der Waals surface area (Å²) in [4.78, 5) is 17.1. The van der Waals surface area contributed by atoms with Crippen LogP contribution in [-0.2, 0) is 5.60 Å². The largest absolute Gasteiger partial charge is 0.386 e. The molecule has 0 saturated heterocycles. The van der Waals surface area contributed by atoms with E-state index < -0.39 is 5.60 Å². The maximum absolute atomic E-state index is 12.6. The highest BCUT2D eigenvalue weighted by molar-refractivity contribution is 7.11. The topological polar surface area (TPSA) is 80.0 Å². The Balaban J connectivity index is 1.66. The second-order valence-corrected chi connectivity index (χ2v) is 9.41. The molecular formula is C22H28N4O2S. The van der Waals surface area contributed by atoms with Gasteiger partial charge in [0.1, 0.15) is 4.88 Å². The number of nitrogens with zero attached hydrogens (tertiary/aromatic N) is 3. The van der Waals surface area contributed by atoms with Gasteiger partial charge >= 0.3 is 0 Å². The van der Waals surface area contributed by atoms with Crippen LogP contribution >= 0.6 is 11.3 Å². The van der Waals surface area contributed by atoms with Gasteiger partial charge in [0.2, 0.25) is 0 Å². The van der Waals surface area contributed by atoms with Crippen molar-refractivity contribution in [1.29, 1.82) is 0 Å². The van der Waals surface area contributed by atoms with Gasteiger partial charge in [0.05, 0.1) is 28.9 Å². The minimum Gasteiger partial charge on any atom is -0.386 e. The van der Waals surface area contributed by atoms with Gasteiger partial charge in [-0.1, -0.05) is 13.3 Å². The molecule has 1 aromatic carbocycles. The molecule has 6 nitrogen and oxygen atoms in total. The number of nitrogens with one attached hydrogen (secondary N) is 1. The van der Waals surface area contributed by atoms with Crippen molar-refractivity contribution in [1.82, 2.24) is 14.8 Å². The first kappa shape index (κ1) is 20.0. The van der Waals surface area contributed by atoms with Gasteiger partial charge in [-0.15, -0.1) is 11.3 Å². The lowest BCUT2D eigenvalue weighted by atomic mass is 9.85. The predicted octanol–water partition coefficient (Wildman–Crippen LogP) is 5.11. The number of benzene rings is 1. The van der Waals surface area contributed by atoms with Crippen molar-refractivity contribution in [2.24, 2.45) is 5.92 Å². The van der Waals surface area contributed by atoms with E-state index in [0.717, 1.165) is 29.7 Å². The third-order valence-electron chi connectivity index (χ3n) is 5.99. The molecule has 2 N–H and O–H groups in total. The van der Waals surface area contributed by atoms with Crippen LogP contribution in [-0.4, -0.2) is 25.8 Å². The molecule has 154 valence electrons. The summed E-state index contributed by atoms with van der Waals surface area (Å²) in [5.74, 6) is 0.620. The number of thiazole rings is 1.